The Balaban J connectivity index is 1.81. The molecule has 0 radical (unpaired) electrons. The minimum absolute atomic E-state index is 0.00758. The molecule has 0 amide bonds. The standard InChI is InChI=1S/C48H75NO15/c1-16-36-46(9,54)23-27(2)38(51)28(3)24-47(10,55-14)41(63-44-40(60-33(8)50)35(49(12)13)22-29(4)58-44)30(5)39(31(6)43(52)61-36)62-37-25-48(11,56-15)42(32(7)59-37)64-45(53)57-26-34-20-18-17-19-21-34/h17-21,23,28-32,35-37,39-42,44,54H,16,22,24-26H2,1-15H3/b27-23+/t28-,29-,30+,31-,32+,35+,36-,37+,39+,40-,41-,42+,44+,46+,47-,48-/m1/s1. The highest BCUT2D eigenvalue weighted by atomic mass is 16.8. The first-order valence-corrected chi connectivity index (χ1v) is 22.5. The molecule has 0 saturated carbocycles. The summed E-state index contributed by atoms with van der Waals surface area (Å²) >= 11 is 0. The van der Waals surface area contributed by atoms with Gasteiger partial charge < -0.3 is 57.4 Å². The number of hydrogen-bond donors (Lipinski definition) is 1. The summed E-state index contributed by atoms with van der Waals surface area (Å²) in [5.74, 6) is -3.90. The number of ketones is 1. The van der Waals surface area contributed by atoms with Gasteiger partial charge in [0.15, 0.2) is 30.6 Å². The van der Waals surface area contributed by atoms with Crippen molar-refractivity contribution in [3.05, 3.63) is 47.5 Å². The van der Waals surface area contributed by atoms with E-state index in [1.54, 1.807) is 41.5 Å². The first-order chi connectivity index (χ1) is 29.9. The normalized spacial score (nSPS) is 40.1. The van der Waals surface area contributed by atoms with E-state index in [0.717, 1.165) is 5.56 Å². The quantitative estimate of drug-likeness (QED) is 0.181. The van der Waals surface area contributed by atoms with Gasteiger partial charge in [-0.1, -0.05) is 51.1 Å². The van der Waals surface area contributed by atoms with Crippen LogP contribution in [0.5, 0.6) is 0 Å². The van der Waals surface area contributed by atoms with Gasteiger partial charge in [0.05, 0.1) is 42.0 Å². The first kappa shape index (κ1) is 53.1. The molecule has 0 bridgehead atoms. The van der Waals surface area contributed by atoms with Gasteiger partial charge in [0.25, 0.3) is 0 Å². The molecule has 0 aromatic heterocycles. The van der Waals surface area contributed by atoms with Crippen molar-refractivity contribution in [3.8, 4) is 0 Å². The third-order valence-corrected chi connectivity index (χ3v) is 13.3. The molecule has 3 aliphatic rings. The molecule has 4 rings (SSSR count). The van der Waals surface area contributed by atoms with E-state index in [0.29, 0.717) is 12.0 Å². The molecule has 0 aliphatic carbocycles. The number of benzene rings is 1. The molecule has 362 valence electrons. The van der Waals surface area contributed by atoms with Crippen LogP contribution in [0.15, 0.2) is 42.0 Å². The summed E-state index contributed by atoms with van der Waals surface area (Å²) in [6, 6.07) is 8.93. The van der Waals surface area contributed by atoms with Crippen molar-refractivity contribution in [1.29, 1.82) is 0 Å². The average molecular weight is 906 g/mol. The maximum atomic E-state index is 14.5. The van der Waals surface area contributed by atoms with E-state index in [1.165, 1.54) is 34.1 Å². The Bertz CT molecular complexity index is 1750. The van der Waals surface area contributed by atoms with Crippen molar-refractivity contribution in [2.24, 2.45) is 17.8 Å². The molecule has 3 aliphatic heterocycles. The van der Waals surface area contributed by atoms with E-state index in [4.69, 9.17) is 47.4 Å². The molecule has 2 saturated heterocycles. The van der Waals surface area contributed by atoms with Crippen LogP contribution >= 0.6 is 0 Å². The molecule has 16 heteroatoms. The number of aliphatic hydroxyl groups is 1. The van der Waals surface area contributed by atoms with Crippen molar-refractivity contribution < 1.29 is 71.7 Å². The van der Waals surface area contributed by atoms with Crippen LogP contribution in [0.2, 0.25) is 0 Å². The number of carbonyl (C=O) groups is 4. The Morgan fingerprint density at radius 2 is 1.50 bits per heavy atom. The number of ether oxygens (including phenoxy) is 10. The number of hydrogen-bond acceptors (Lipinski definition) is 16. The molecule has 16 atom stereocenters. The van der Waals surface area contributed by atoms with Crippen LogP contribution in [0.3, 0.4) is 0 Å². The zero-order valence-electron chi connectivity index (χ0n) is 40.6. The van der Waals surface area contributed by atoms with Gasteiger partial charge >= 0.3 is 18.1 Å². The van der Waals surface area contributed by atoms with Gasteiger partial charge in [-0.3, -0.25) is 14.4 Å². The van der Waals surface area contributed by atoms with Crippen LogP contribution in [0.4, 0.5) is 4.79 Å². The second-order valence-corrected chi connectivity index (χ2v) is 18.9. The molecule has 1 aromatic rings. The van der Waals surface area contributed by atoms with Gasteiger partial charge in [-0.2, -0.15) is 0 Å². The molecule has 64 heavy (non-hydrogen) atoms. The average Bonchev–Trinajstić information content (AvgIpc) is 3.23. The number of methoxy groups -OCH3 is 2. The molecule has 1 aromatic carbocycles. The number of carbonyl (C=O) groups excluding carboxylic acids is 4. The van der Waals surface area contributed by atoms with E-state index in [2.05, 4.69) is 0 Å². The van der Waals surface area contributed by atoms with Gasteiger partial charge in [0.2, 0.25) is 0 Å². The van der Waals surface area contributed by atoms with E-state index in [1.807, 2.05) is 70.1 Å². The van der Waals surface area contributed by atoms with Crippen LogP contribution in [-0.2, 0) is 68.4 Å². The predicted molar refractivity (Wildman–Crippen MR) is 235 cm³/mol. The zero-order valence-corrected chi connectivity index (χ0v) is 40.6. The summed E-state index contributed by atoms with van der Waals surface area (Å²) < 4.78 is 62.7. The number of allylic oxidation sites excluding steroid dienone is 1. The number of rotatable bonds is 12. The van der Waals surface area contributed by atoms with Crippen LogP contribution < -0.4 is 0 Å². The van der Waals surface area contributed by atoms with Crippen molar-refractivity contribution >= 4 is 23.9 Å². The molecule has 0 spiro atoms. The smallest absolute Gasteiger partial charge is 0.459 e. The summed E-state index contributed by atoms with van der Waals surface area (Å²) in [4.78, 5) is 56.2. The largest absolute Gasteiger partial charge is 0.509 e. The Hall–Kier alpha value is -3.48. The Morgan fingerprint density at radius 1 is 0.875 bits per heavy atom. The van der Waals surface area contributed by atoms with Crippen LogP contribution in [0.25, 0.3) is 0 Å². The Labute approximate surface area is 379 Å². The molecule has 3 heterocycles. The van der Waals surface area contributed by atoms with Gasteiger partial charge in [-0.25, -0.2) is 4.79 Å². The highest BCUT2D eigenvalue weighted by Crippen LogP contribution is 2.42. The topological polar surface area (TPSA) is 184 Å². The lowest BCUT2D eigenvalue weighted by Gasteiger charge is -2.50. The minimum atomic E-state index is -1.70. The fourth-order valence-electron chi connectivity index (χ4n) is 9.63. The second-order valence-electron chi connectivity index (χ2n) is 18.9. The van der Waals surface area contributed by atoms with E-state index < -0.39 is 102 Å². The van der Waals surface area contributed by atoms with Gasteiger partial charge in [-0.15, -0.1) is 0 Å². The number of likely N-dealkylation sites (N-methyl/N-ethyl adjacent to an activating group) is 1. The Kier molecular flexibility index (Phi) is 18.5. The van der Waals surface area contributed by atoms with E-state index in [-0.39, 0.29) is 43.8 Å². The number of cyclic esters (lactones) is 1. The third-order valence-electron chi connectivity index (χ3n) is 13.3. The molecule has 2 fully saturated rings. The molecule has 0 unspecified atom stereocenters. The molecular formula is C48H75NO15. The monoisotopic (exact) mass is 906 g/mol. The van der Waals surface area contributed by atoms with Crippen molar-refractivity contribution in [3.63, 3.8) is 0 Å². The van der Waals surface area contributed by atoms with Crippen LogP contribution in [-0.4, -0.2) is 140 Å². The van der Waals surface area contributed by atoms with Crippen molar-refractivity contribution in [2.45, 2.75) is 187 Å². The lowest BCUT2D eigenvalue weighted by Crippen LogP contribution is -2.61. The maximum absolute atomic E-state index is 14.5. The fourth-order valence-corrected chi connectivity index (χ4v) is 9.63. The first-order valence-electron chi connectivity index (χ1n) is 22.5. The van der Waals surface area contributed by atoms with Gasteiger partial charge in [0, 0.05) is 39.4 Å². The highest BCUT2D eigenvalue weighted by Gasteiger charge is 2.54. The van der Waals surface area contributed by atoms with Crippen molar-refractivity contribution in [2.75, 3.05) is 28.3 Å². The number of nitrogens with zero attached hydrogens (tertiary/aromatic N) is 1. The molecule has 1 N–H and O–H groups in total. The summed E-state index contributed by atoms with van der Waals surface area (Å²) in [6.45, 7) is 18.8. The minimum Gasteiger partial charge on any atom is -0.459 e. The Morgan fingerprint density at radius 3 is 2.08 bits per heavy atom. The third kappa shape index (κ3) is 12.9. The van der Waals surface area contributed by atoms with Gasteiger partial charge in [-0.05, 0) is 99.0 Å². The van der Waals surface area contributed by atoms with Gasteiger partial charge in [0.1, 0.15) is 23.9 Å². The summed E-state index contributed by atoms with van der Waals surface area (Å²) in [5.41, 5.74) is -3.05. The van der Waals surface area contributed by atoms with E-state index >= 15 is 0 Å². The summed E-state index contributed by atoms with van der Waals surface area (Å²) in [5, 5.41) is 11.7. The summed E-state index contributed by atoms with van der Waals surface area (Å²) in [7, 11) is 6.81. The SMILES string of the molecule is CC[C@H]1OC(=O)[C@H](C)[C@@H](O[C@H]2C[C@@](C)(OC)[C@@H](OC(=O)OCc3ccccc3)[C@H](C)O2)[C@H](C)[C@@H](O[C@@H]2O[C@H](C)C[C@H](N(C)C)[C@H]2OC(C)=O)[C@](C)(OC)C[C@@H](C)C(=O)/C(C)=C/[C@]1(C)O. The van der Waals surface area contributed by atoms with Crippen LogP contribution in [0, 0.1) is 17.8 Å². The number of Topliss-reactive ketones (excluding diaryl/α,β-unsaturated/α-hetero) is 1. The van der Waals surface area contributed by atoms with Crippen molar-refractivity contribution in [1.82, 2.24) is 4.90 Å². The number of esters is 2. The molecular weight excluding hydrogens is 831 g/mol. The van der Waals surface area contributed by atoms with E-state index in [9.17, 15) is 24.3 Å². The second kappa shape index (κ2) is 22.3. The zero-order chi connectivity index (χ0) is 47.9. The maximum Gasteiger partial charge on any atom is 0.509 e. The highest BCUT2D eigenvalue weighted by molar-refractivity contribution is 5.96. The van der Waals surface area contributed by atoms with Crippen LogP contribution in [0.1, 0.15) is 107 Å². The predicted octanol–water partition coefficient (Wildman–Crippen LogP) is 6.32. The summed E-state index contributed by atoms with van der Waals surface area (Å²) in [6.07, 6.45) is -6.63. The molecule has 16 nitrogen and oxygen atoms in total. The fraction of sp³-hybridized carbons (Fsp3) is 0.750. The lowest BCUT2D eigenvalue weighted by atomic mass is 9.76. The lowest BCUT2D eigenvalue weighted by molar-refractivity contribution is -0.320.